The number of ketones is 1. The summed E-state index contributed by atoms with van der Waals surface area (Å²) in [6, 6.07) is 11.4. The van der Waals surface area contributed by atoms with E-state index in [0.717, 1.165) is 0 Å². The Morgan fingerprint density at radius 3 is 2.25 bits per heavy atom. The van der Waals surface area contributed by atoms with Gasteiger partial charge in [-0.2, -0.15) is 0 Å². The summed E-state index contributed by atoms with van der Waals surface area (Å²) in [5.41, 5.74) is 0.571. The van der Waals surface area contributed by atoms with Crippen molar-refractivity contribution in [3.8, 4) is 5.75 Å². The Morgan fingerprint density at radius 1 is 1.00 bits per heavy atom. The van der Waals surface area contributed by atoms with Crippen LogP contribution in [0.1, 0.15) is 27.6 Å². The molecule has 0 saturated carbocycles. The van der Waals surface area contributed by atoms with E-state index in [2.05, 4.69) is 0 Å². The van der Waals surface area contributed by atoms with Crippen molar-refractivity contribution in [2.45, 2.75) is 6.92 Å². The van der Waals surface area contributed by atoms with Crippen LogP contribution in [-0.2, 0) is 0 Å². The summed E-state index contributed by atoms with van der Waals surface area (Å²) in [6.45, 7) is 1.36. The van der Waals surface area contributed by atoms with Crippen LogP contribution in [0.5, 0.6) is 5.75 Å². The molecule has 0 radical (unpaired) electrons. The third-order valence-corrected chi connectivity index (χ3v) is 3.42. The molecule has 0 aliphatic carbocycles. The minimum atomic E-state index is -0.600. The molecule has 0 heterocycles. The standard InChI is InChI=1S/C15H10Cl2O3/c1-9(18)11-7-8-12(16)13(17)14(11)20-15(19)10-5-3-2-4-6-10/h2-8H,1H3. The van der Waals surface area contributed by atoms with Gasteiger partial charge in [0.1, 0.15) is 5.02 Å². The summed E-state index contributed by atoms with van der Waals surface area (Å²) < 4.78 is 5.23. The van der Waals surface area contributed by atoms with Crippen LogP contribution in [0.15, 0.2) is 42.5 Å². The second kappa shape index (κ2) is 6.07. The zero-order valence-electron chi connectivity index (χ0n) is 10.5. The van der Waals surface area contributed by atoms with Crippen LogP contribution in [0.3, 0.4) is 0 Å². The first-order chi connectivity index (χ1) is 9.50. The van der Waals surface area contributed by atoms with Crippen molar-refractivity contribution in [2.75, 3.05) is 0 Å². The van der Waals surface area contributed by atoms with Crippen molar-refractivity contribution in [1.82, 2.24) is 0 Å². The van der Waals surface area contributed by atoms with Crippen LogP contribution >= 0.6 is 23.2 Å². The summed E-state index contributed by atoms with van der Waals surface area (Å²) in [5.74, 6) is -0.878. The Labute approximate surface area is 126 Å². The third-order valence-electron chi connectivity index (χ3n) is 2.63. The Kier molecular flexibility index (Phi) is 4.42. The van der Waals surface area contributed by atoms with Crippen molar-refractivity contribution >= 4 is 35.0 Å². The molecule has 0 unspecified atom stereocenters. The quantitative estimate of drug-likeness (QED) is 0.479. The van der Waals surface area contributed by atoms with Crippen LogP contribution < -0.4 is 4.74 Å². The van der Waals surface area contributed by atoms with Crippen molar-refractivity contribution in [1.29, 1.82) is 0 Å². The molecule has 0 bridgehead atoms. The number of benzene rings is 2. The highest BCUT2D eigenvalue weighted by Crippen LogP contribution is 2.35. The highest BCUT2D eigenvalue weighted by Gasteiger charge is 2.19. The van der Waals surface area contributed by atoms with E-state index in [1.54, 1.807) is 30.3 Å². The predicted molar refractivity (Wildman–Crippen MR) is 77.9 cm³/mol. The summed E-state index contributed by atoms with van der Waals surface area (Å²) in [7, 11) is 0. The zero-order chi connectivity index (χ0) is 14.7. The largest absolute Gasteiger partial charge is 0.420 e. The number of hydrogen-bond donors (Lipinski definition) is 0. The minimum absolute atomic E-state index is 0.0134. The summed E-state index contributed by atoms with van der Waals surface area (Å²) in [5, 5.41) is 0.260. The molecule has 0 aromatic heterocycles. The molecule has 2 aromatic carbocycles. The maximum atomic E-state index is 12.0. The van der Waals surface area contributed by atoms with Crippen LogP contribution in [-0.4, -0.2) is 11.8 Å². The van der Waals surface area contributed by atoms with E-state index in [4.69, 9.17) is 27.9 Å². The van der Waals surface area contributed by atoms with Gasteiger partial charge in [-0.15, -0.1) is 0 Å². The fraction of sp³-hybridized carbons (Fsp3) is 0.0667. The lowest BCUT2D eigenvalue weighted by atomic mass is 10.1. The Hall–Kier alpha value is -1.84. The second-order valence-corrected chi connectivity index (χ2v) is 4.83. The van der Waals surface area contributed by atoms with Crippen LogP contribution in [0, 0.1) is 0 Å². The zero-order valence-corrected chi connectivity index (χ0v) is 12.0. The van der Waals surface area contributed by atoms with Gasteiger partial charge < -0.3 is 4.74 Å². The van der Waals surface area contributed by atoms with E-state index in [-0.39, 0.29) is 27.1 Å². The molecule has 0 aliphatic rings. The molecule has 5 heteroatoms. The van der Waals surface area contributed by atoms with Gasteiger partial charge in [-0.3, -0.25) is 4.79 Å². The molecule has 0 N–H and O–H groups in total. The number of halogens is 2. The Balaban J connectivity index is 2.41. The molecule has 0 fully saturated rings. The van der Waals surface area contributed by atoms with E-state index < -0.39 is 5.97 Å². The van der Waals surface area contributed by atoms with Gasteiger partial charge in [-0.25, -0.2) is 4.79 Å². The Bertz CT molecular complexity index is 666. The summed E-state index contributed by atoms with van der Waals surface area (Å²) in [4.78, 5) is 23.6. The third kappa shape index (κ3) is 3.00. The highest BCUT2D eigenvalue weighted by atomic mass is 35.5. The number of carbonyl (C=O) groups is 2. The molecule has 0 amide bonds. The average Bonchev–Trinajstić information content (AvgIpc) is 2.44. The van der Waals surface area contributed by atoms with Gasteiger partial charge in [0.05, 0.1) is 16.1 Å². The molecule has 2 rings (SSSR count). The van der Waals surface area contributed by atoms with E-state index in [1.807, 2.05) is 0 Å². The van der Waals surface area contributed by atoms with Gasteiger partial charge >= 0.3 is 5.97 Å². The summed E-state index contributed by atoms with van der Waals surface area (Å²) in [6.07, 6.45) is 0. The maximum absolute atomic E-state index is 12.0. The van der Waals surface area contributed by atoms with E-state index >= 15 is 0 Å². The first kappa shape index (κ1) is 14.6. The number of esters is 1. The summed E-state index contributed by atoms with van der Waals surface area (Å²) >= 11 is 11.9. The number of rotatable bonds is 3. The molecule has 2 aromatic rings. The smallest absolute Gasteiger partial charge is 0.343 e. The maximum Gasteiger partial charge on any atom is 0.343 e. The van der Waals surface area contributed by atoms with Crippen molar-refractivity contribution in [2.24, 2.45) is 0 Å². The predicted octanol–water partition coefficient (Wildman–Crippen LogP) is 4.42. The van der Waals surface area contributed by atoms with Crippen LogP contribution in [0.2, 0.25) is 10.0 Å². The molecule has 0 spiro atoms. The van der Waals surface area contributed by atoms with Crippen LogP contribution in [0.4, 0.5) is 0 Å². The van der Waals surface area contributed by atoms with Gasteiger partial charge in [-0.05, 0) is 31.2 Å². The number of carbonyl (C=O) groups excluding carboxylic acids is 2. The number of Topliss-reactive ketones (excluding diaryl/α,β-unsaturated/α-hetero) is 1. The van der Waals surface area contributed by atoms with Gasteiger partial charge in [0, 0.05) is 0 Å². The van der Waals surface area contributed by atoms with Gasteiger partial charge in [0.15, 0.2) is 11.5 Å². The van der Waals surface area contributed by atoms with E-state index in [0.29, 0.717) is 5.56 Å². The molecule has 102 valence electrons. The number of hydrogen-bond acceptors (Lipinski definition) is 3. The highest BCUT2D eigenvalue weighted by molar-refractivity contribution is 6.43. The minimum Gasteiger partial charge on any atom is -0.420 e. The second-order valence-electron chi connectivity index (χ2n) is 4.05. The lowest BCUT2D eigenvalue weighted by Crippen LogP contribution is -2.11. The first-order valence-electron chi connectivity index (χ1n) is 5.77. The molecule has 0 atom stereocenters. The molecule has 3 nitrogen and oxygen atoms in total. The molecular weight excluding hydrogens is 299 g/mol. The van der Waals surface area contributed by atoms with E-state index in [1.165, 1.54) is 19.1 Å². The van der Waals surface area contributed by atoms with Gasteiger partial charge in [0.2, 0.25) is 0 Å². The van der Waals surface area contributed by atoms with Crippen molar-refractivity contribution in [3.63, 3.8) is 0 Å². The SMILES string of the molecule is CC(=O)c1ccc(Cl)c(Cl)c1OC(=O)c1ccccc1. The lowest BCUT2D eigenvalue weighted by Gasteiger charge is -2.11. The van der Waals surface area contributed by atoms with E-state index in [9.17, 15) is 9.59 Å². The molecule has 0 aliphatic heterocycles. The molecule has 0 saturated heterocycles. The molecule has 20 heavy (non-hydrogen) atoms. The van der Waals surface area contributed by atoms with Gasteiger partial charge in [0.25, 0.3) is 0 Å². The van der Waals surface area contributed by atoms with Crippen molar-refractivity contribution < 1.29 is 14.3 Å². The Morgan fingerprint density at radius 2 is 1.65 bits per heavy atom. The lowest BCUT2D eigenvalue weighted by molar-refractivity contribution is 0.0733. The fourth-order valence-corrected chi connectivity index (χ4v) is 1.99. The molecular formula is C15H10Cl2O3. The van der Waals surface area contributed by atoms with Crippen molar-refractivity contribution in [3.05, 3.63) is 63.6 Å². The van der Waals surface area contributed by atoms with Crippen LogP contribution in [0.25, 0.3) is 0 Å². The monoisotopic (exact) mass is 308 g/mol. The fourth-order valence-electron chi connectivity index (χ4n) is 1.63. The number of ether oxygens (including phenoxy) is 1. The normalized spacial score (nSPS) is 10.2. The average molecular weight is 309 g/mol. The topological polar surface area (TPSA) is 43.4 Å². The first-order valence-corrected chi connectivity index (χ1v) is 6.52. The van der Waals surface area contributed by atoms with Gasteiger partial charge in [-0.1, -0.05) is 41.4 Å².